The van der Waals surface area contributed by atoms with E-state index in [0.717, 1.165) is 17.8 Å². The van der Waals surface area contributed by atoms with Gasteiger partial charge in [0, 0.05) is 32.4 Å². The van der Waals surface area contributed by atoms with Crippen LogP contribution in [0.25, 0.3) is 10.1 Å². The van der Waals surface area contributed by atoms with Crippen molar-refractivity contribution in [2.24, 2.45) is 5.92 Å². The number of hydrogen-bond acceptors (Lipinski definition) is 3. The second-order valence-electron chi connectivity index (χ2n) is 5.81. The lowest BCUT2D eigenvalue weighted by Crippen LogP contribution is -2.29. The molecule has 3 heteroatoms. The summed E-state index contributed by atoms with van der Waals surface area (Å²) >= 11 is 7.37. The van der Waals surface area contributed by atoms with Gasteiger partial charge in [0.15, 0.2) is 0 Å². The Morgan fingerprint density at radius 2 is 2.21 bits per heavy atom. The molecule has 1 unspecified atom stereocenters. The monoisotopic (exact) mass is 283 g/mol. The summed E-state index contributed by atoms with van der Waals surface area (Å²) in [6.07, 6.45) is 5.64. The predicted octanol–water partition coefficient (Wildman–Crippen LogP) is 3.57. The third kappa shape index (κ3) is 1.17. The molecule has 0 radical (unpaired) electrons. The molecule has 1 N–H and O–H groups in total. The number of fused-ring (bicyclic) bond motifs is 4. The molecular weight excluding hydrogens is 270 g/mol. The van der Waals surface area contributed by atoms with E-state index >= 15 is 0 Å². The van der Waals surface area contributed by atoms with Crippen LogP contribution in [0.1, 0.15) is 16.9 Å². The van der Waals surface area contributed by atoms with E-state index in [2.05, 4.69) is 41.7 Å². The largest absolute Gasteiger partial charge is 0.308 e. The fraction of sp³-hybridized carbons (Fsp3) is 0.312. The summed E-state index contributed by atoms with van der Waals surface area (Å²) in [5, 5.41) is 5.18. The minimum Gasteiger partial charge on any atom is -0.308 e. The van der Waals surface area contributed by atoms with E-state index in [1.165, 1.54) is 15.6 Å². The highest BCUT2D eigenvalue weighted by Crippen LogP contribution is 2.64. The van der Waals surface area contributed by atoms with E-state index in [0.29, 0.717) is 12.0 Å². The molecular formula is C16H13NS2. The molecule has 1 spiro atoms. The Kier molecular flexibility index (Phi) is 1.89. The van der Waals surface area contributed by atoms with Gasteiger partial charge < -0.3 is 5.32 Å². The first kappa shape index (κ1) is 10.7. The van der Waals surface area contributed by atoms with Crippen LogP contribution in [0, 0.1) is 5.92 Å². The maximum Gasteiger partial charge on any atom is 0.0437 e. The van der Waals surface area contributed by atoms with Gasteiger partial charge in [0.2, 0.25) is 0 Å². The highest BCUT2D eigenvalue weighted by atomic mass is 32.1. The summed E-state index contributed by atoms with van der Waals surface area (Å²) < 4.78 is 1.43. The van der Waals surface area contributed by atoms with Gasteiger partial charge in [0.25, 0.3) is 0 Å². The fourth-order valence-corrected chi connectivity index (χ4v) is 5.79. The van der Waals surface area contributed by atoms with Crippen LogP contribution in [0.5, 0.6) is 0 Å². The highest BCUT2D eigenvalue weighted by molar-refractivity contribution is 7.80. The van der Waals surface area contributed by atoms with Gasteiger partial charge in [-0.15, -0.1) is 11.3 Å². The van der Waals surface area contributed by atoms with Crippen molar-refractivity contribution in [2.45, 2.75) is 24.4 Å². The maximum atomic E-state index is 5.38. The zero-order valence-electron chi connectivity index (χ0n) is 10.3. The van der Waals surface area contributed by atoms with Gasteiger partial charge >= 0.3 is 0 Å². The average Bonchev–Trinajstić information content (AvgIpc) is 2.93. The summed E-state index contributed by atoms with van der Waals surface area (Å²) in [5.74, 6) is 0.694. The molecule has 19 heavy (non-hydrogen) atoms. The zero-order valence-corrected chi connectivity index (χ0v) is 12.0. The van der Waals surface area contributed by atoms with Gasteiger partial charge in [-0.25, -0.2) is 0 Å². The molecule has 0 saturated heterocycles. The lowest BCUT2D eigenvalue weighted by molar-refractivity contribution is 0.605. The predicted molar refractivity (Wildman–Crippen MR) is 84.0 cm³/mol. The Morgan fingerprint density at radius 1 is 1.32 bits per heavy atom. The number of hydrogen-bond donors (Lipinski definition) is 1. The Hall–Kier alpha value is -1.03. The van der Waals surface area contributed by atoms with E-state index in [-0.39, 0.29) is 5.41 Å². The van der Waals surface area contributed by atoms with Crippen LogP contribution >= 0.6 is 23.6 Å². The number of benzene rings is 1. The molecule has 5 rings (SSSR count). The van der Waals surface area contributed by atoms with Crippen molar-refractivity contribution in [3.05, 3.63) is 46.9 Å². The van der Waals surface area contributed by atoms with Crippen LogP contribution in [0.3, 0.4) is 0 Å². The number of thiophene rings is 1. The molecule has 3 aliphatic rings. The van der Waals surface area contributed by atoms with E-state index in [9.17, 15) is 0 Å². The second kappa shape index (κ2) is 3.35. The molecule has 2 aromatic rings. The first-order valence-electron chi connectivity index (χ1n) is 6.77. The Balaban J connectivity index is 1.80. The fourth-order valence-electron chi connectivity index (χ4n) is 4.04. The van der Waals surface area contributed by atoms with Crippen LogP contribution in [-0.4, -0.2) is 10.9 Å². The van der Waals surface area contributed by atoms with Crippen molar-refractivity contribution in [1.82, 2.24) is 5.32 Å². The molecule has 1 aromatic carbocycles. The minimum absolute atomic E-state index is 0.263. The third-order valence-electron chi connectivity index (χ3n) is 4.98. The molecule has 0 bridgehead atoms. The van der Waals surface area contributed by atoms with E-state index in [4.69, 9.17) is 12.2 Å². The third-order valence-corrected chi connectivity index (χ3v) is 6.66. The molecule has 0 amide bonds. The molecule has 2 heterocycles. The average molecular weight is 283 g/mol. The Morgan fingerprint density at radius 3 is 3.16 bits per heavy atom. The molecule has 94 valence electrons. The van der Waals surface area contributed by atoms with Crippen molar-refractivity contribution in [3.8, 4) is 0 Å². The highest BCUT2D eigenvalue weighted by Gasteiger charge is 2.67. The molecule has 3 atom stereocenters. The number of nitrogens with one attached hydrogen (secondary N) is 1. The zero-order chi connectivity index (χ0) is 12.6. The van der Waals surface area contributed by atoms with Crippen LogP contribution in [-0.2, 0) is 12.0 Å². The van der Waals surface area contributed by atoms with Crippen molar-refractivity contribution in [1.29, 1.82) is 0 Å². The van der Waals surface area contributed by atoms with Gasteiger partial charge in [-0.1, -0.05) is 42.6 Å². The Bertz CT molecular complexity index is 757. The van der Waals surface area contributed by atoms with Crippen molar-refractivity contribution in [3.63, 3.8) is 0 Å². The smallest absolute Gasteiger partial charge is 0.0437 e. The first-order valence-corrected chi connectivity index (χ1v) is 7.99. The van der Waals surface area contributed by atoms with Crippen LogP contribution in [0.2, 0.25) is 0 Å². The van der Waals surface area contributed by atoms with Crippen LogP contribution in [0.15, 0.2) is 36.4 Å². The molecule has 1 aromatic heterocycles. The summed E-state index contributed by atoms with van der Waals surface area (Å²) in [7, 11) is 0. The molecule has 1 nitrogen and oxygen atoms in total. The number of allylic oxidation sites excluding steroid dienone is 1. The summed E-state index contributed by atoms with van der Waals surface area (Å²) in [6, 6.07) is 9.42. The number of rotatable bonds is 0. The van der Waals surface area contributed by atoms with Crippen molar-refractivity contribution < 1.29 is 0 Å². The lowest BCUT2D eigenvalue weighted by Gasteiger charge is -2.22. The van der Waals surface area contributed by atoms with Crippen LogP contribution in [0.4, 0.5) is 0 Å². The normalized spacial score (nSPS) is 34.8. The van der Waals surface area contributed by atoms with Crippen LogP contribution < -0.4 is 5.32 Å². The molecule has 2 aliphatic carbocycles. The molecule has 1 fully saturated rings. The topological polar surface area (TPSA) is 12.0 Å². The quantitative estimate of drug-likeness (QED) is 0.742. The lowest BCUT2D eigenvalue weighted by atomic mass is 9.89. The summed E-state index contributed by atoms with van der Waals surface area (Å²) in [5.41, 5.74) is 1.79. The van der Waals surface area contributed by atoms with Gasteiger partial charge in [0.05, 0.1) is 0 Å². The first-order chi connectivity index (χ1) is 9.30. The standard InChI is InChI=1S/C16H13NS2/c18-9-5-6-16-12(7-9)14(16)17-8-11-10-3-1-2-4-13(10)19-15(11)16/h1-6,12,14,17H,7-8H2/t12-,14?,16+/m1/s1. The minimum atomic E-state index is 0.263. The van der Waals surface area contributed by atoms with Gasteiger partial charge in [-0.2, -0.15) is 0 Å². The van der Waals surface area contributed by atoms with E-state index in [1.807, 2.05) is 11.3 Å². The van der Waals surface area contributed by atoms with Gasteiger partial charge in [0.1, 0.15) is 0 Å². The molecule has 1 saturated carbocycles. The molecule has 1 aliphatic heterocycles. The Labute approximate surface area is 121 Å². The van der Waals surface area contributed by atoms with E-state index in [1.54, 1.807) is 4.88 Å². The second-order valence-corrected chi connectivity index (χ2v) is 7.38. The van der Waals surface area contributed by atoms with Crippen molar-refractivity contribution >= 4 is 38.5 Å². The van der Waals surface area contributed by atoms with E-state index < -0.39 is 0 Å². The number of thiocarbonyl (C=S) groups is 1. The maximum absolute atomic E-state index is 5.38. The van der Waals surface area contributed by atoms with Gasteiger partial charge in [-0.05, 0) is 29.4 Å². The summed E-state index contributed by atoms with van der Waals surface area (Å²) in [4.78, 5) is 2.72. The SMILES string of the molecule is S=C1C=C[C@@]23c4sc5ccccc5c4CNC2[C@H]3C1. The van der Waals surface area contributed by atoms with Gasteiger partial charge in [-0.3, -0.25) is 0 Å². The summed E-state index contributed by atoms with van der Waals surface area (Å²) in [6.45, 7) is 1.02. The van der Waals surface area contributed by atoms with Crippen molar-refractivity contribution in [2.75, 3.05) is 0 Å².